The minimum absolute atomic E-state index is 0.117. The molecule has 0 bridgehead atoms. The third-order valence-corrected chi connectivity index (χ3v) is 2.37. The van der Waals surface area contributed by atoms with Crippen molar-refractivity contribution in [2.24, 2.45) is 5.92 Å². The van der Waals surface area contributed by atoms with Crippen molar-refractivity contribution < 1.29 is 14.5 Å². The number of ether oxygens (including phenoxy) is 1. The SMILES string of the molecule is CCC(=O)c1ccc(OCC(C)C)c([N+](=O)[O-])c1. The number of nitrogens with zero attached hydrogens (tertiary/aromatic N) is 1. The van der Waals surface area contributed by atoms with Crippen LogP contribution >= 0.6 is 0 Å². The third kappa shape index (κ3) is 3.55. The van der Waals surface area contributed by atoms with E-state index < -0.39 is 4.92 Å². The van der Waals surface area contributed by atoms with E-state index in [-0.39, 0.29) is 23.1 Å². The number of rotatable bonds is 6. The molecule has 0 saturated heterocycles. The molecule has 0 unspecified atom stereocenters. The zero-order chi connectivity index (χ0) is 13.7. The van der Waals surface area contributed by atoms with E-state index in [9.17, 15) is 14.9 Å². The molecule has 0 aliphatic carbocycles. The van der Waals surface area contributed by atoms with Crippen LogP contribution in [0.2, 0.25) is 0 Å². The highest BCUT2D eigenvalue weighted by molar-refractivity contribution is 5.96. The average Bonchev–Trinajstić information content (AvgIpc) is 2.34. The number of Topliss-reactive ketones (excluding diaryl/α,β-unsaturated/α-hetero) is 1. The zero-order valence-corrected chi connectivity index (χ0v) is 10.8. The maximum atomic E-state index is 11.5. The Hall–Kier alpha value is -1.91. The van der Waals surface area contributed by atoms with E-state index in [1.165, 1.54) is 12.1 Å². The van der Waals surface area contributed by atoms with E-state index >= 15 is 0 Å². The van der Waals surface area contributed by atoms with E-state index in [1.54, 1.807) is 13.0 Å². The van der Waals surface area contributed by atoms with Gasteiger partial charge in [0.05, 0.1) is 11.5 Å². The van der Waals surface area contributed by atoms with Crippen LogP contribution in [0.3, 0.4) is 0 Å². The number of carbonyl (C=O) groups excluding carboxylic acids is 1. The molecule has 0 aliphatic heterocycles. The quantitative estimate of drug-likeness (QED) is 0.442. The Morgan fingerprint density at radius 3 is 2.61 bits per heavy atom. The van der Waals surface area contributed by atoms with Crippen molar-refractivity contribution in [3.05, 3.63) is 33.9 Å². The largest absolute Gasteiger partial charge is 0.487 e. The van der Waals surface area contributed by atoms with Crippen LogP contribution in [0.25, 0.3) is 0 Å². The van der Waals surface area contributed by atoms with E-state index in [1.807, 2.05) is 13.8 Å². The zero-order valence-electron chi connectivity index (χ0n) is 10.8. The maximum Gasteiger partial charge on any atom is 0.311 e. The van der Waals surface area contributed by atoms with Crippen LogP contribution in [0, 0.1) is 16.0 Å². The Morgan fingerprint density at radius 1 is 1.44 bits per heavy atom. The van der Waals surface area contributed by atoms with Gasteiger partial charge in [0.1, 0.15) is 0 Å². The molecule has 1 aromatic carbocycles. The summed E-state index contributed by atoms with van der Waals surface area (Å²) < 4.78 is 5.38. The summed E-state index contributed by atoms with van der Waals surface area (Å²) in [4.78, 5) is 21.9. The Balaban J connectivity index is 3.04. The smallest absolute Gasteiger partial charge is 0.311 e. The van der Waals surface area contributed by atoms with E-state index in [0.29, 0.717) is 18.6 Å². The molecule has 0 fully saturated rings. The van der Waals surface area contributed by atoms with Gasteiger partial charge in [0.25, 0.3) is 0 Å². The minimum Gasteiger partial charge on any atom is -0.487 e. The summed E-state index contributed by atoms with van der Waals surface area (Å²) in [6.45, 7) is 6.04. The van der Waals surface area contributed by atoms with Crippen LogP contribution in [0.1, 0.15) is 37.6 Å². The Morgan fingerprint density at radius 2 is 2.11 bits per heavy atom. The van der Waals surface area contributed by atoms with Gasteiger partial charge in [-0.25, -0.2) is 0 Å². The highest BCUT2D eigenvalue weighted by atomic mass is 16.6. The van der Waals surface area contributed by atoms with Crippen molar-refractivity contribution in [3.8, 4) is 5.75 Å². The molecule has 5 heteroatoms. The first-order valence-electron chi connectivity index (χ1n) is 5.90. The van der Waals surface area contributed by atoms with Crippen molar-refractivity contribution in [1.29, 1.82) is 0 Å². The number of nitro benzene ring substituents is 1. The van der Waals surface area contributed by atoms with Crippen LogP contribution in [0.4, 0.5) is 5.69 Å². The second-order valence-corrected chi connectivity index (χ2v) is 4.42. The molecule has 0 aliphatic rings. The topological polar surface area (TPSA) is 69.4 Å². The van der Waals surface area contributed by atoms with Crippen molar-refractivity contribution >= 4 is 11.5 Å². The molecule has 0 aromatic heterocycles. The highest BCUT2D eigenvalue weighted by Gasteiger charge is 2.18. The van der Waals surface area contributed by atoms with Gasteiger partial charge in [0.2, 0.25) is 0 Å². The van der Waals surface area contributed by atoms with Crippen molar-refractivity contribution in [1.82, 2.24) is 0 Å². The number of ketones is 1. The van der Waals surface area contributed by atoms with Gasteiger partial charge < -0.3 is 4.74 Å². The van der Waals surface area contributed by atoms with Gasteiger partial charge in [0.15, 0.2) is 11.5 Å². The normalized spacial score (nSPS) is 10.4. The van der Waals surface area contributed by atoms with Crippen LogP contribution in [-0.4, -0.2) is 17.3 Å². The summed E-state index contributed by atoms with van der Waals surface area (Å²) in [5.74, 6) is 0.372. The van der Waals surface area contributed by atoms with Crippen molar-refractivity contribution in [3.63, 3.8) is 0 Å². The summed E-state index contributed by atoms with van der Waals surface area (Å²) >= 11 is 0. The number of hydrogen-bond acceptors (Lipinski definition) is 4. The minimum atomic E-state index is -0.526. The molecule has 0 N–H and O–H groups in total. The summed E-state index contributed by atoms with van der Waals surface area (Å²) in [6.07, 6.45) is 0.323. The molecule has 18 heavy (non-hydrogen) atoms. The molecule has 0 atom stereocenters. The predicted octanol–water partition coefficient (Wildman–Crippen LogP) is 3.22. The summed E-state index contributed by atoms with van der Waals surface area (Å²) in [5.41, 5.74) is 0.191. The summed E-state index contributed by atoms with van der Waals surface area (Å²) in [5, 5.41) is 10.9. The first kappa shape index (κ1) is 14.2. The molecule has 0 saturated carbocycles. The van der Waals surface area contributed by atoms with Gasteiger partial charge >= 0.3 is 5.69 Å². The van der Waals surface area contributed by atoms with Gasteiger partial charge in [-0.15, -0.1) is 0 Å². The predicted molar refractivity (Wildman–Crippen MR) is 68.1 cm³/mol. The van der Waals surface area contributed by atoms with Crippen molar-refractivity contribution in [2.45, 2.75) is 27.2 Å². The van der Waals surface area contributed by atoms with Crippen LogP contribution in [-0.2, 0) is 0 Å². The fraction of sp³-hybridized carbons (Fsp3) is 0.462. The van der Waals surface area contributed by atoms with E-state index in [4.69, 9.17) is 4.74 Å². The molecule has 98 valence electrons. The lowest BCUT2D eigenvalue weighted by Gasteiger charge is -2.09. The molecule has 0 heterocycles. The second-order valence-electron chi connectivity index (χ2n) is 4.42. The fourth-order valence-electron chi connectivity index (χ4n) is 1.42. The molecule has 1 aromatic rings. The van der Waals surface area contributed by atoms with E-state index in [0.717, 1.165) is 0 Å². The Kier molecular flexibility index (Phi) is 4.83. The molecule has 0 spiro atoms. The first-order chi connectivity index (χ1) is 8.45. The number of benzene rings is 1. The molecular weight excluding hydrogens is 234 g/mol. The summed E-state index contributed by atoms with van der Waals surface area (Å²) in [6, 6.07) is 4.33. The van der Waals surface area contributed by atoms with Crippen LogP contribution < -0.4 is 4.74 Å². The number of nitro groups is 1. The maximum absolute atomic E-state index is 11.5. The number of hydrogen-bond donors (Lipinski definition) is 0. The highest BCUT2D eigenvalue weighted by Crippen LogP contribution is 2.28. The molecule has 0 radical (unpaired) electrons. The van der Waals surface area contributed by atoms with E-state index in [2.05, 4.69) is 0 Å². The lowest BCUT2D eigenvalue weighted by Crippen LogP contribution is -2.07. The standard InChI is InChI=1S/C13H17NO4/c1-4-12(15)10-5-6-13(18-8-9(2)3)11(7-10)14(16)17/h5-7,9H,4,8H2,1-3H3. The Labute approximate surface area is 106 Å². The first-order valence-corrected chi connectivity index (χ1v) is 5.90. The van der Waals surface area contributed by atoms with Crippen LogP contribution in [0.5, 0.6) is 5.75 Å². The monoisotopic (exact) mass is 251 g/mol. The molecular formula is C13H17NO4. The number of carbonyl (C=O) groups is 1. The summed E-state index contributed by atoms with van der Waals surface area (Å²) in [7, 11) is 0. The molecule has 1 rings (SSSR count). The second kappa shape index (κ2) is 6.14. The van der Waals surface area contributed by atoms with Gasteiger partial charge in [-0.05, 0) is 18.1 Å². The fourth-order valence-corrected chi connectivity index (χ4v) is 1.42. The average molecular weight is 251 g/mol. The van der Waals surface area contributed by atoms with Gasteiger partial charge in [-0.3, -0.25) is 14.9 Å². The van der Waals surface area contributed by atoms with Crippen molar-refractivity contribution in [2.75, 3.05) is 6.61 Å². The molecule has 5 nitrogen and oxygen atoms in total. The third-order valence-electron chi connectivity index (χ3n) is 2.37. The lowest BCUT2D eigenvalue weighted by molar-refractivity contribution is -0.385. The van der Waals surface area contributed by atoms with Gasteiger partial charge in [0, 0.05) is 18.1 Å². The van der Waals surface area contributed by atoms with Gasteiger partial charge in [-0.2, -0.15) is 0 Å². The molecule has 0 amide bonds. The Bertz CT molecular complexity index is 454. The van der Waals surface area contributed by atoms with Gasteiger partial charge in [-0.1, -0.05) is 20.8 Å². The van der Waals surface area contributed by atoms with Crippen LogP contribution in [0.15, 0.2) is 18.2 Å². The lowest BCUT2D eigenvalue weighted by atomic mass is 10.1.